The van der Waals surface area contributed by atoms with Gasteiger partial charge >= 0.3 is 0 Å². The maximum Gasteiger partial charge on any atom is 0.150 e. The van der Waals surface area contributed by atoms with Gasteiger partial charge in [-0.2, -0.15) is 0 Å². The van der Waals surface area contributed by atoms with Gasteiger partial charge in [-0.3, -0.25) is 9.59 Å². The van der Waals surface area contributed by atoms with Crippen molar-refractivity contribution in [1.82, 2.24) is 0 Å². The van der Waals surface area contributed by atoms with Crippen LogP contribution in [0.5, 0.6) is 0 Å². The third-order valence-corrected chi connectivity index (χ3v) is 4.81. The highest BCUT2D eigenvalue weighted by atomic mass is 32.2. The summed E-state index contributed by atoms with van der Waals surface area (Å²) in [6.45, 7) is 10.6. The molecule has 0 aliphatic carbocycles. The fourth-order valence-corrected chi connectivity index (χ4v) is 4.35. The molecule has 1 aromatic rings. The fraction of sp³-hybridized carbons (Fsp3) is 0.529. The zero-order valence-electron chi connectivity index (χ0n) is 14.3. The lowest BCUT2D eigenvalue weighted by molar-refractivity contribution is 0.112. The van der Waals surface area contributed by atoms with E-state index < -0.39 is 15.0 Å². The molecule has 0 saturated heterocycles. The molecule has 0 unspecified atom stereocenters. The van der Waals surface area contributed by atoms with Crippen LogP contribution in [0.3, 0.4) is 0 Å². The lowest BCUT2D eigenvalue weighted by atomic mass is 9.81. The Morgan fingerprint density at radius 3 is 1.22 bits per heavy atom. The average molecular weight is 339 g/mol. The summed E-state index contributed by atoms with van der Waals surface area (Å²) in [5, 5.41) is 0. The van der Waals surface area contributed by atoms with Crippen LogP contribution in [-0.4, -0.2) is 25.5 Å². The second kappa shape index (κ2) is 6.93. The van der Waals surface area contributed by atoms with Crippen molar-refractivity contribution in [1.29, 1.82) is 0 Å². The highest BCUT2D eigenvalue weighted by Crippen LogP contribution is 2.40. The largest absolute Gasteiger partial charge is 0.744 e. The number of carbonyl (C=O) groups is 2. The highest BCUT2D eigenvalue weighted by molar-refractivity contribution is 7.85. The maximum atomic E-state index is 11.9. The van der Waals surface area contributed by atoms with E-state index in [4.69, 9.17) is 0 Å². The van der Waals surface area contributed by atoms with Crippen molar-refractivity contribution >= 4 is 22.7 Å². The predicted molar refractivity (Wildman–Crippen MR) is 87.4 cm³/mol. The van der Waals surface area contributed by atoms with Crippen LogP contribution in [0.2, 0.25) is 0 Å². The number of benzene rings is 1. The van der Waals surface area contributed by atoms with Crippen LogP contribution < -0.4 is 0 Å². The average Bonchev–Trinajstić information content (AvgIpc) is 2.41. The summed E-state index contributed by atoms with van der Waals surface area (Å²) < 4.78 is 35.7. The standard InChI is InChI=1S/C17H24O5S/c1-9(2)14-12(7-18)15(10(3)4)17(23(20,21)22)16(11(5)6)13(14)8-19/h7-11H,1-6H3,(H,20,21,22)/p-1. The lowest BCUT2D eigenvalue weighted by Gasteiger charge is -2.28. The summed E-state index contributed by atoms with van der Waals surface area (Å²) in [6.07, 6.45) is 1.10. The molecule has 128 valence electrons. The first-order valence-electron chi connectivity index (χ1n) is 7.58. The zero-order chi connectivity index (χ0) is 18.1. The van der Waals surface area contributed by atoms with E-state index >= 15 is 0 Å². The van der Waals surface area contributed by atoms with Gasteiger partial charge < -0.3 is 4.55 Å². The summed E-state index contributed by atoms with van der Waals surface area (Å²) in [5.74, 6) is -0.844. The van der Waals surface area contributed by atoms with Crippen molar-refractivity contribution in [2.75, 3.05) is 0 Å². The Balaban J connectivity index is 4.34. The molecule has 0 aromatic heterocycles. The van der Waals surface area contributed by atoms with Crippen molar-refractivity contribution in [3.05, 3.63) is 27.8 Å². The van der Waals surface area contributed by atoms with E-state index in [1.165, 1.54) is 0 Å². The molecule has 23 heavy (non-hydrogen) atoms. The number of hydrogen-bond donors (Lipinski definition) is 0. The Morgan fingerprint density at radius 2 is 1.04 bits per heavy atom. The first-order chi connectivity index (χ1) is 10.5. The Morgan fingerprint density at radius 1 is 0.739 bits per heavy atom. The molecule has 0 spiro atoms. The smallest absolute Gasteiger partial charge is 0.150 e. The highest BCUT2D eigenvalue weighted by Gasteiger charge is 2.29. The number of rotatable bonds is 6. The minimum Gasteiger partial charge on any atom is -0.744 e. The number of carbonyl (C=O) groups excluding carboxylic acids is 2. The molecule has 0 radical (unpaired) electrons. The molecule has 1 rings (SSSR count). The molecule has 0 heterocycles. The number of aldehydes is 2. The van der Waals surface area contributed by atoms with Gasteiger partial charge in [-0.1, -0.05) is 41.5 Å². The lowest BCUT2D eigenvalue weighted by Crippen LogP contribution is -2.19. The third kappa shape index (κ3) is 3.53. The van der Waals surface area contributed by atoms with Crippen LogP contribution in [0.25, 0.3) is 0 Å². The predicted octanol–water partition coefficient (Wildman–Crippen LogP) is 3.59. The summed E-state index contributed by atoms with van der Waals surface area (Å²) in [6, 6.07) is 0. The van der Waals surface area contributed by atoms with Gasteiger partial charge in [0.15, 0.2) is 12.6 Å². The molecule has 0 aliphatic rings. The molecule has 6 heteroatoms. The van der Waals surface area contributed by atoms with E-state index in [1.807, 2.05) is 13.8 Å². The third-order valence-electron chi connectivity index (χ3n) is 3.87. The monoisotopic (exact) mass is 339 g/mol. The van der Waals surface area contributed by atoms with Gasteiger partial charge in [0, 0.05) is 11.1 Å². The second-order valence-corrected chi connectivity index (χ2v) is 7.87. The molecule has 0 bridgehead atoms. The van der Waals surface area contributed by atoms with Crippen molar-refractivity contribution in [2.45, 2.75) is 64.2 Å². The summed E-state index contributed by atoms with van der Waals surface area (Å²) in [7, 11) is -4.83. The van der Waals surface area contributed by atoms with Gasteiger partial charge in [0.25, 0.3) is 0 Å². The summed E-state index contributed by atoms with van der Waals surface area (Å²) in [5.41, 5.74) is 1.24. The Labute approximate surface area is 137 Å². The molecular weight excluding hydrogens is 316 g/mol. The molecular formula is C17H23O5S-. The molecule has 0 aliphatic heterocycles. The van der Waals surface area contributed by atoms with E-state index in [9.17, 15) is 22.6 Å². The Bertz CT molecular complexity index is 687. The van der Waals surface area contributed by atoms with Crippen LogP contribution in [0.4, 0.5) is 0 Å². The Kier molecular flexibility index (Phi) is 5.88. The van der Waals surface area contributed by atoms with Gasteiger partial charge in [-0.15, -0.1) is 0 Å². The van der Waals surface area contributed by atoms with E-state index in [0.29, 0.717) is 18.1 Å². The van der Waals surface area contributed by atoms with E-state index in [1.54, 1.807) is 27.7 Å². The summed E-state index contributed by atoms with van der Waals surface area (Å²) in [4.78, 5) is 22.9. The van der Waals surface area contributed by atoms with Crippen LogP contribution >= 0.6 is 0 Å². The molecule has 1 aromatic carbocycles. The molecule has 0 fully saturated rings. The van der Waals surface area contributed by atoms with Crippen molar-refractivity contribution in [2.24, 2.45) is 0 Å². The number of hydrogen-bond acceptors (Lipinski definition) is 5. The first kappa shape index (κ1) is 19.5. The van der Waals surface area contributed by atoms with Crippen molar-refractivity contribution in [3.8, 4) is 0 Å². The SMILES string of the molecule is CC(C)c1c(C=O)c(C(C)C)c(S(=O)(=O)[O-])c(C(C)C)c1C=O. The van der Waals surface area contributed by atoms with Crippen LogP contribution in [0, 0.1) is 0 Å². The topological polar surface area (TPSA) is 91.3 Å². The maximum absolute atomic E-state index is 11.9. The first-order valence-corrected chi connectivity index (χ1v) is 8.99. The molecule has 0 amide bonds. The van der Waals surface area contributed by atoms with Gasteiger partial charge in [0.2, 0.25) is 0 Å². The van der Waals surface area contributed by atoms with Crippen LogP contribution in [-0.2, 0) is 10.1 Å². The van der Waals surface area contributed by atoms with Crippen molar-refractivity contribution < 1.29 is 22.6 Å². The van der Waals surface area contributed by atoms with Gasteiger partial charge in [0.05, 0.1) is 4.90 Å². The quantitative estimate of drug-likeness (QED) is 0.583. The zero-order valence-corrected chi connectivity index (χ0v) is 15.2. The van der Waals surface area contributed by atoms with E-state index in [0.717, 1.165) is 0 Å². The van der Waals surface area contributed by atoms with Crippen LogP contribution in [0.1, 0.15) is 96.7 Å². The fourth-order valence-electron chi connectivity index (χ4n) is 3.12. The van der Waals surface area contributed by atoms with E-state index in [-0.39, 0.29) is 40.0 Å². The summed E-state index contributed by atoms with van der Waals surface area (Å²) >= 11 is 0. The Hall–Kier alpha value is -1.53. The minimum absolute atomic E-state index is 0.149. The van der Waals surface area contributed by atoms with Crippen molar-refractivity contribution in [3.63, 3.8) is 0 Å². The molecule has 5 nitrogen and oxygen atoms in total. The minimum atomic E-state index is -4.83. The van der Waals surface area contributed by atoms with Gasteiger partial charge in [0.1, 0.15) is 10.1 Å². The van der Waals surface area contributed by atoms with E-state index in [2.05, 4.69) is 0 Å². The van der Waals surface area contributed by atoms with Gasteiger partial charge in [-0.25, -0.2) is 8.42 Å². The molecule has 0 saturated carbocycles. The van der Waals surface area contributed by atoms with Gasteiger partial charge in [-0.05, 0) is 34.4 Å². The molecule has 0 atom stereocenters. The molecule has 0 N–H and O–H groups in total. The normalized spacial score (nSPS) is 12.3. The second-order valence-electron chi connectivity index (χ2n) is 6.55. The van der Waals surface area contributed by atoms with Crippen LogP contribution in [0.15, 0.2) is 4.90 Å².